The molecule has 0 aliphatic heterocycles. The summed E-state index contributed by atoms with van der Waals surface area (Å²) in [5.74, 6) is 0. The average molecular weight is 161 g/mol. The Morgan fingerprint density at radius 1 is 1.42 bits per heavy atom. The largest absolute Gasteiger partial charge is 0.464 e. The van der Waals surface area contributed by atoms with E-state index in [0.29, 0.717) is 6.54 Å². The van der Waals surface area contributed by atoms with Gasteiger partial charge in [0, 0.05) is 17.5 Å². The van der Waals surface area contributed by atoms with Crippen molar-refractivity contribution in [1.82, 2.24) is 0 Å². The Bertz CT molecular complexity index is 403. The summed E-state index contributed by atoms with van der Waals surface area (Å²) in [5.41, 5.74) is 8.74. The van der Waals surface area contributed by atoms with Crippen LogP contribution >= 0.6 is 0 Å². The minimum atomic E-state index is 0.538. The molecule has 0 atom stereocenters. The van der Waals surface area contributed by atoms with Gasteiger partial charge >= 0.3 is 0 Å². The fraction of sp³-hybridized carbons (Fsp3) is 0.200. The van der Waals surface area contributed by atoms with E-state index in [9.17, 15) is 0 Å². The van der Waals surface area contributed by atoms with Crippen LogP contribution in [0.5, 0.6) is 0 Å². The van der Waals surface area contributed by atoms with Crippen LogP contribution in [-0.2, 0) is 6.54 Å². The number of rotatable bonds is 1. The topological polar surface area (TPSA) is 39.2 Å². The predicted octanol–water partition coefficient (Wildman–Crippen LogP) is 2.20. The molecular weight excluding hydrogens is 150 g/mol. The Hall–Kier alpha value is -1.28. The van der Waals surface area contributed by atoms with Crippen molar-refractivity contribution in [2.45, 2.75) is 13.5 Å². The first-order valence-electron chi connectivity index (χ1n) is 3.98. The van der Waals surface area contributed by atoms with Crippen LogP contribution in [-0.4, -0.2) is 0 Å². The number of para-hydroxylation sites is 1. The van der Waals surface area contributed by atoms with E-state index in [2.05, 4.69) is 0 Å². The van der Waals surface area contributed by atoms with Crippen molar-refractivity contribution in [3.05, 3.63) is 35.6 Å². The van der Waals surface area contributed by atoms with E-state index < -0.39 is 0 Å². The minimum Gasteiger partial charge on any atom is -0.464 e. The summed E-state index contributed by atoms with van der Waals surface area (Å²) in [6, 6.07) is 6.09. The minimum absolute atomic E-state index is 0.538. The second-order valence-electron chi connectivity index (χ2n) is 2.92. The molecule has 0 unspecified atom stereocenters. The molecule has 0 fully saturated rings. The van der Waals surface area contributed by atoms with Crippen molar-refractivity contribution in [2.24, 2.45) is 5.73 Å². The third kappa shape index (κ3) is 0.924. The molecule has 2 rings (SSSR count). The number of hydrogen-bond donors (Lipinski definition) is 1. The normalized spacial score (nSPS) is 10.8. The lowest BCUT2D eigenvalue weighted by atomic mass is 10.1. The number of benzene rings is 1. The monoisotopic (exact) mass is 161 g/mol. The first kappa shape index (κ1) is 7.37. The number of furan rings is 1. The molecule has 2 N–H and O–H groups in total. The quantitative estimate of drug-likeness (QED) is 0.696. The highest BCUT2D eigenvalue weighted by atomic mass is 16.3. The van der Waals surface area contributed by atoms with Gasteiger partial charge in [-0.3, -0.25) is 0 Å². The Morgan fingerprint density at radius 3 is 3.00 bits per heavy atom. The van der Waals surface area contributed by atoms with Crippen molar-refractivity contribution in [2.75, 3.05) is 0 Å². The Kier molecular flexibility index (Phi) is 1.62. The fourth-order valence-corrected chi connectivity index (χ4v) is 1.41. The summed E-state index contributed by atoms with van der Waals surface area (Å²) in [4.78, 5) is 0. The van der Waals surface area contributed by atoms with Crippen molar-refractivity contribution >= 4 is 11.0 Å². The SMILES string of the molecule is Cc1cccc2c(CN)coc12. The van der Waals surface area contributed by atoms with Gasteiger partial charge in [0.15, 0.2) is 0 Å². The van der Waals surface area contributed by atoms with Gasteiger partial charge in [0.05, 0.1) is 6.26 Å². The van der Waals surface area contributed by atoms with Crippen molar-refractivity contribution in [1.29, 1.82) is 0 Å². The summed E-state index contributed by atoms with van der Waals surface area (Å²) in [6.45, 7) is 2.57. The summed E-state index contributed by atoms with van der Waals surface area (Å²) in [6.07, 6.45) is 1.73. The molecule has 0 bridgehead atoms. The summed E-state index contributed by atoms with van der Waals surface area (Å²) in [7, 11) is 0. The highest BCUT2D eigenvalue weighted by molar-refractivity contribution is 5.83. The zero-order valence-electron chi connectivity index (χ0n) is 7.00. The van der Waals surface area contributed by atoms with Gasteiger partial charge in [-0.15, -0.1) is 0 Å². The molecule has 0 saturated carbocycles. The fourth-order valence-electron chi connectivity index (χ4n) is 1.41. The van der Waals surface area contributed by atoms with Gasteiger partial charge in [-0.25, -0.2) is 0 Å². The van der Waals surface area contributed by atoms with E-state index in [1.807, 2.05) is 25.1 Å². The van der Waals surface area contributed by atoms with Gasteiger partial charge in [-0.1, -0.05) is 18.2 Å². The van der Waals surface area contributed by atoms with Crippen LogP contribution in [0.15, 0.2) is 28.9 Å². The Morgan fingerprint density at radius 2 is 2.25 bits per heavy atom. The third-order valence-corrected chi connectivity index (χ3v) is 2.10. The van der Waals surface area contributed by atoms with E-state index in [4.69, 9.17) is 10.2 Å². The van der Waals surface area contributed by atoms with Crippen molar-refractivity contribution in [3.8, 4) is 0 Å². The Labute approximate surface area is 71.0 Å². The summed E-state index contributed by atoms with van der Waals surface area (Å²) in [5, 5.41) is 1.14. The zero-order valence-corrected chi connectivity index (χ0v) is 7.00. The second-order valence-corrected chi connectivity index (χ2v) is 2.92. The molecule has 0 aliphatic rings. The summed E-state index contributed by atoms with van der Waals surface area (Å²) >= 11 is 0. The van der Waals surface area contributed by atoms with Crippen LogP contribution in [0.3, 0.4) is 0 Å². The number of aryl methyl sites for hydroxylation is 1. The van der Waals surface area contributed by atoms with Gasteiger partial charge < -0.3 is 10.2 Å². The molecule has 0 spiro atoms. The van der Waals surface area contributed by atoms with Gasteiger partial charge in [-0.05, 0) is 12.5 Å². The molecular formula is C10H11NO. The second kappa shape index (κ2) is 2.64. The van der Waals surface area contributed by atoms with Gasteiger partial charge in [0.25, 0.3) is 0 Å². The van der Waals surface area contributed by atoms with Gasteiger partial charge in [0.2, 0.25) is 0 Å². The smallest absolute Gasteiger partial charge is 0.137 e. The molecule has 0 amide bonds. The van der Waals surface area contributed by atoms with E-state index >= 15 is 0 Å². The molecule has 1 aromatic heterocycles. The number of fused-ring (bicyclic) bond motifs is 1. The molecule has 62 valence electrons. The highest BCUT2D eigenvalue weighted by Crippen LogP contribution is 2.23. The Balaban J connectivity index is 2.80. The van der Waals surface area contributed by atoms with Gasteiger partial charge in [-0.2, -0.15) is 0 Å². The van der Waals surface area contributed by atoms with Crippen LogP contribution in [0.25, 0.3) is 11.0 Å². The third-order valence-electron chi connectivity index (χ3n) is 2.10. The molecule has 12 heavy (non-hydrogen) atoms. The molecule has 2 aromatic rings. The molecule has 1 heterocycles. The first-order valence-corrected chi connectivity index (χ1v) is 3.98. The first-order chi connectivity index (χ1) is 5.83. The van der Waals surface area contributed by atoms with Crippen LogP contribution in [0.2, 0.25) is 0 Å². The lowest BCUT2D eigenvalue weighted by molar-refractivity contribution is 0.608. The van der Waals surface area contributed by atoms with Crippen molar-refractivity contribution < 1.29 is 4.42 Å². The maximum Gasteiger partial charge on any atom is 0.137 e. The predicted molar refractivity (Wildman–Crippen MR) is 48.8 cm³/mol. The van der Waals surface area contributed by atoms with Gasteiger partial charge in [0.1, 0.15) is 5.58 Å². The zero-order chi connectivity index (χ0) is 8.55. The summed E-state index contributed by atoms with van der Waals surface area (Å²) < 4.78 is 5.39. The van der Waals surface area contributed by atoms with E-state index in [-0.39, 0.29) is 0 Å². The van der Waals surface area contributed by atoms with Crippen LogP contribution in [0.1, 0.15) is 11.1 Å². The van der Waals surface area contributed by atoms with Crippen LogP contribution in [0.4, 0.5) is 0 Å². The molecule has 1 aromatic carbocycles. The standard InChI is InChI=1S/C10H11NO/c1-7-3-2-4-9-8(5-11)6-12-10(7)9/h2-4,6H,5,11H2,1H3. The molecule has 0 aliphatic carbocycles. The number of nitrogens with two attached hydrogens (primary N) is 1. The molecule has 0 radical (unpaired) electrons. The lowest BCUT2D eigenvalue weighted by Gasteiger charge is -1.93. The number of hydrogen-bond acceptors (Lipinski definition) is 2. The van der Waals surface area contributed by atoms with E-state index in [1.54, 1.807) is 6.26 Å². The highest BCUT2D eigenvalue weighted by Gasteiger charge is 2.04. The molecule has 0 saturated heterocycles. The maximum atomic E-state index is 5.55. The van der Waals surface area contributed by atoms with Crippen molar-refractivity contribution in [3.63, 3.8) is 0 Å². The maximum absolute atomic E-state index is 5.55. The lowest BCUT2D eigenvalue weighted by Crippen LogP contribution is -1.93. The van der Waals surface area contributed by atoms with E-state index in [0.717, 1.165) is 22.1 Å². The molecule has 2 heteroatoms. The average Bonchev–Trinajstić information content (AvgIpc) is 2.49. The molecule has 2 nitrogen and oxygen atoms in total. The van der Waals surface area contributed by atoms with Crippen LogP contribution in [0, 0.1) is 6.92 Å². The van der Waals surface area contributed by atoms with Crippen LogP contribution < -0.4 is 5.73 Å². The van der Waals surface area contributed by atoms with E-state index in [1.165, 1.54) is 0 Å².